The fraction of sp³-hybridized carbons (Fsp3) is 0.400. The number of nitro groups is 1. The average Bonchev–Trinajstić information content (AvgIpc) is 3.12. The zero-order chi connectivity index (χ0) is 25.5. The van der Waals surface area contributed by atoms with Crippen molar-refractivity contribution in [2.45, 2.75) is 45.8 Å². The Hall–Kier alpha value is -3.97. The molecule has 2 aliphatic heterocycles. The molecule has 2 heterocycles. The molecule has 2 aromatic rings. The number of carbonyl (C=O) groups is 2. The van der Waals surface area contributed by atoms with Gasteiger partial charge in [0.05, 0.1) is 11.5 Å². The molecule has 0 aromatic heterocycles. The van der Waals surface area contributed by atoms with E-state index in [1.807, 2.05) is 6.92 Å². The van der Waals surface area contributed by atoms with Gasteiger partial charge < -0.3 is 19.3 Å². The Balaban J connectivity index is 0.00000108. The molecule has 0 saturated carbocycles. The summed E-state index contributed by atoms with van der Waals surface area (Å²) in [6.45, 7) is 7.16. The minimum absolute atomic E-state index is 0.0541. The van der Waals surface area contributed by atoms with Crippen LogP contribution in [0.5, 0.6) is 5.75 Å². The highest BCUT2D eigenvalue weighted by atomic mass is 16.6. The number of morpholine rings is 1. The second-order valence-electron chi connectivity index (χ2n) is 8.27. The molecule has 184 valence electrons. The third-order valence-corrected chi connectivity index (χ3v) is 5.50. The smallest absolute Gasteiger partial charge is 0.287 e. The molecule has 0 aliphatic carbocycles. The number of hydrogen-bond donors (Lipinski definition) is 0. The standard InChI is InChI=1S/C22H20N4O6.C3H8/c1-14-10-20(32-18-6-7-19(26(29)30)15(11-18)12-23)22(28)25(14)17-4-2-16(3-5-17)24-8-9-31-13-21(24)27;1-3-2/h2-7,11,14,20H,8-10,13H2,1H3;3H2,1-2H3. The van der Waals surface area contributed by atoms with Crippen LogP contribution < -0.4 is 14.5 Å². The van der Waals surface area contributed by atoms with Gasteiger partial charge in [0.15, 0.2) is 6.10 Å². The van der Waals surface area contributed by atoms with Crippen molar-refractivity contribution in [2.24, 2.45) is 0 Å². The maximum Gasteiger partial charge on any atom is 0.287 e. The van der Waals surface area contributed by atoms with Crippen molar-refractivity contribution in [2.75, 3.05) is 29.6 Å². The fourth-order valence-corrected chi connectivity index (χ4v) is 3.95. The molecule has 2 unspecified atom stereocenters. The van der Waals surface area contributed by atoms with Gasteiger partial charge in [0, 0.05) is 42.5 Å². The van der Waals surface area contributed by atoms with E-state index in [1.165, 1.54) is 24.6 Å². The second-order valence-corrected chi connectivity index (χ2v) is 8.27. The monoisotopic (exact) mass is 480 g/mol. The van der Waals surface area contributed by atoms with Crippen LogP contribution in [-0.2, 0) is 14.3 Å². The minimum atomic E-state index is -0.779. The van der Waals surface area contributed by atoms with E-state index in [1.54, 1.807) is 40.1 Å². The number of ether oxygens (including phenoxy) is 2. The van der Waals surface area contributed by atoms with E-state index >= 15 is 0 Å². The molecule has 2 atom stereocenters. The molecule has 2 aromatic carbocycles. The molecule has 0 radical (unpaired) electrons. The number of amides is 2. The van der Waals surface area contributed by atoms with Crippen LogP contribution in [0.1, 0.15) is 39.2 Å². The highest BCUT2D eigenvalue weighted by molar-refractivity contribution is 6.00. The van der Waals surface area contributed by atoms with Crippen molar-refractivity contribution < 1.29 is 24.0 Å². The van der Waals surface area contributed by atoms with Crippen LogP contribution in [0.2, 0.25) is 0 Å². The van der Waals surface area contributed by atoms with E-state index in [0.29, 0.717) is 25.3 Å². The van der Waals surface area contributed by atoms with Crippen molar-refractivity contribution in [1.29, 1.82) is 5.26 Å². The molecule has 10 nitrogen and oxygen atoms in total. The van der Waals surface area contributed by atoms with Gasteiger partial charge in [-0.2, -0.15) is 5.26 Å². The Morgan fingerprint density at radius 2 is 1.83 bits per heavy atom. The first-order valence-corrected chi connectivity index (χ1v) is 11.5. The van der Waals surface area contributed by atoms with Crippen molar-refractivity contribution in [3.8, 4) is 11.8 Å². The third kappa shape index (κ3) is 5.75. The average molecular weight is 481 g/mol. The number of anilines is 2. The lowest BCUT2D eigenvalue weighted by molar-refractivity contribution is -0.385. The molecule has 2 fully saturated rings. The number of hydrogen-bond acceptors (Lipinski definition) is 7. The summed E-state index contributed by atoms with van der Waals surface area (Å²) in [5, 5.41) is 20.2. The molecule has 2 aliphatic rings. The van der Waals surface area contributed by atoms with E-state index in [-0.39, 0.29) is 41.5 Å². The Labute approximate surface area is 203 Å². The molecular weight excluding hydrogens is 452 g/mol. The van der Waals surface area contributed by atoms with Gasteiger partial charge in [0.2, 0.25) is 0 Å². The van der Waals surface area contributed by atoms with Gasteiger partial charge in [-0.15, -0.1) is 0 Å². The van der Waals surface area contributed by atoms with Crippen LogP contribution in [0, 0.1) is 21.4 Å². The zero-order valence-electron chi connectivity index (χ0n) is 20.0. The van der Waals surface area contributed by atoms with Gasteiger partial charge in [0.25, 0.3) is 17.5 Å². The van der Waals surface area contributed by atoms with Crippen LogP contribution in [-0.4, -0.2) is 48.6 Å². The summed E-state index contributed by atoms with van der Waals surface area (Å²) >= 11 is 0. The molecule has 35 heavy (non-hydrogen) atoms. The SMILES string of the molecule is CC1CC(Oc2ccc([N+](=O)[O-])c(C#N)c2)C(=O)N1c1ccc(N2CCOCC2=O)cc1.CCC. The number of nitro benzene ring substituents is 1. The summed E-state index contributed by atoms with van der Waals surface area (Å²) in [4.78, 5) is 38.7. The molecule has 2 saturated heterocycles. The van der Waals surface area contributed by atoms with E-state index < -0.39 is 11.0 Å². The van der Waals surface area contributed by atoms with Crippen LogP contribution in [0.3, 0.4) is 0 Å². The molecule has 2 amide bonds. The zero-order valence-corrected chi connectivity index (χ0v) is 20.0. The first-order valence-electron chi connectivity index (χ1n) is 11.5. The highest BCUT2D eigenvalue weighted by Crippen LogP contribution is 2.32. The normalized spacial score (nSPS) is 19.6. The van der Waals surface area contributed by atoms with E-state index in [9.17, 15) is 19.7 Å². The summed E-state index contributed by atoms with van der Waals surface area (Å²) in [6, 6.07) is 12.6. The van der Waals surface area contributed by atoms with Gasteiger partial charge >= 0.3 is 0 Å². The molecular formula is C25H28N4O6. The highest BCUT2D eigenvalue weighted by Gasteiger charge is 2.40. The van der Waals surface area contributed by atoms with Gasteiger partial charge in [-0.3, -0.25) is 19.7 Å². The van der Waals surface area contributed by atoms with Crippen molar-refractivity contribution >= 4 is 28.9 Å². The van der Waals surface area contributed by atoms with E-state index in [2.05, 4.69) is 13.8 Å². The first-order chi connectivity index (χ1) is 16.8. The number of nitrogens with zero attached hydrogens (tertiary/aromatic N) is 4. The lowest BCUT2D eigenvalue weighted by Crippen LogP contribution is -2.41. The van der Waals surface area contributed by atoms with Crippen LogP contribution >= 0.6 is 0 Å². The molecule has 0 N–H and O–H groups in total. The van der Waals surface area contributed by atoms with Crippen molar-refractivity contribution in [3.63, 3.8) is 0 Å². The lowest BCUT2D eigenvalue weighted by Gasteiger charge is -2.28. The third-order valence-electron chi connectivity index (χ3n) is 5.50. The van der Waals surface area contributed by atoms with Gasteiger partial charge in [-0.1, -0.05) is 20.3 Å². The molecule has 4 rings (SSSR count). The summed E-state index contributed by atoms with van der Waals surface area (Å²) < 4.78 is 10.9. The number of benzene rings is 2. The second kappa shape index (κ2) is 11.4. The number of rotatable bonds is 5. The maximum absolute atomic E-state index is 13.0. The van der Waals surface area contributed by atoms with Gasteiger partial charge in [-0.05, 0) is 37.3 Å². The van der Waals surface area contributed by atoms with Gasteiger partial charge in [0.1, 0.15) is 24.0 Å². The van der Waals surface area contributed by atoms with Crippen LogP contribution in [0.25, 0.3) is 0 Å². The quantitative estimate of drug-likeness (QED) is 0.470. The summed E-state index contributed by atoms with van der Waals surface area (Å²) in [5.41, 5.74) is 0.978. The predicted molar refractivity (Wildman–Crippen MR) is 129 cm³/mol. The predicted octanol–water partition coefficient (Wildman–Crippen LogP) is 3.82. The topological polar surface area (TPSA) is 126 Å². The Morgan fingerprint density at radius 1 is 1.17 bits per heavy atom. The molecule has 0 spiro atoms. The first kappa shape index (κ1) is 25.6. The Kier molecular flexibility index (Phi) is 8.39. The number of nitriles is 1. The van der Waals surface area contributed by atoms with Crippen LogP contribution in [0.15, 0.2) is 42.5 Å². The van der Waals surface area contributed by atoms with E-state index in [0.717, 1.165) is 5.69 Å². The van der Waals surface area contributed by atoms with Crippen LogP contribution in [0.4, 0.5) is 17.1 Å². The summed E-state index contributed by atoms with van der Waals surface area (Å²) in [6.07, 6.45) is 0.889. The van der Waals surface area contributed by atoms with E-state index in [4.69, 9.17) is 14.7 Å². The van der Waals surface area contributed by atoms with Crippen molar-refractivity contribution in [3.05, 3.63) is 58.1 Å². The van der Waals surface area contributed by atoms with Crippen molar-refractivity contribution in [1.82, 2.24) is 0 Å². The Morgan fingerprint density at radius 3 is 2.43 bits per heavy atom. The molecule has 10 heteroatoms. The number of carbonyl (C=O) groups excluding carboxylic acids is 2. The minimum Gasteiger partial charge on any atom is -0.480 e. The summed E-state index contributed by atoms with van der Waals surface area (Å²) in [7, 11) is 0. The lowest BCUT2D eigenvalue weighted by atomic mass is 10.2. The largest absolute Gasteiger partial charge is 0.480 e. The summed E-state index contributed by atoms with van der Waals surface area (Å²) in [5.74, 6) is -0.131. The maximum atomic E-state index is 13.0. The Bertz CT molecular complexity index is 1130. The fourth-order valence-electron chi connectivity index (χ4n) is 3.95. The molecule has 0 bridgehead atoms. The van der Waals surface area contributed by atoms with Gasteiger partial charge in [-0.25, -0.2) is 0 Å².